The molecule has 0 radical (unpaired) electrons. The van der Waals surface area contributed by atoms with Crippen LogP contribution in [0.25, 0.3) is 0 Å². The third-order valence-corrected chi connectivity index (χ3v) is 2.31. The number of aryl methyl sites for hydroxylation is 1. The lowest BCUT2D eigenvalue weighted by Crippen LogP contribution is -2.31. The second-order valence-electron chi connectivity index (χ2n) is 4.06. The average Bonchev–Trinajstić information content (AvgIpc) is 2.73. The van der Waals surface area contributed by atoms with Gasteiger partial charge < -0.3 is 14.8 Å². The van der Waals surface area contributed by atoms with Gasteiger partial charge in [0.25, 0.3) is 0 Å². The topological polar surface area (TPSA) is 48.3 Å². The summed E-state index contributed by atoms with van der Waals surface area (Å²) in [4.78, 5) is 0. The van der Waals surface area contributed by atoms with Crippen molar-refractivity contribution in [1.29, 1.82) is 0 Å². The van der Waals surface area contributed by atoms with Gasteiger partial charge in [-0.15, -0.1) is 0 Å². The molecule has 1 atom stereocenters. The first-order chi connectivity index (χ1) is 8.26. The minimum absolute atomic E-state index is 0.131. The van der Waals surface area contributed by atoms with E-state index in [0.29, 0.717) is 0 Å². The number of ether oxygens (including phenoxy) is 2. The summed E-state index contributed by atoms with van der Waals surface area (Å²) in [6.07, 6.45) is 4.91. The molecule has 1 unspecified atom stereocenters. The highest BCUT2D eigenvalue weighted by Gasteiger charge is 2.05. The van der Waals surface area contributed by atoms with Crippen molar-refractivity contribution in [2.45, 2.75) is 32.9 Å². The second kappa shape index (κ2) is 8.08. The molecule has 0 saturated carbocycles. The zero-order chi connectivity index (χ0) is 12.5. The highest BCUT2D eigenvalue weighted by atomic mass is 16.5. The van der Waals surface area contributed by atoms with Crippen molar-refractivity contribution in [3.05, 3.63) is 12.4 Å². The number of hydrogen-bond donors (Lipinski definition) is 1. The van der Waals surface area contributed by atoms with Crippen LogP contribution in [0.2, 0.25) is 0 Å². The molecule has 1 heterocycles. The van der Waals surface area contributed by atoms with Gasteiger partial charge in [-0.1, -0.05) is 6.92 Å². The molecule has 5 nitrogen and oxygen atoms in total. The van der Waals surface area contributed by atoms with Gasteiger partial charge in [-0.2, -0.15) is 5.10 Å². The maximum Gasteiger partial charge on any atom is 0.157 e. The molecule has 0 aliphatic rings. The minimum Gasteiger partial charge on any atom is -0.486 e. The van der Waals surface area contributed by atoms with E-state index in [-0.39, 0.29) is 6.10 Å². The first kappa shape index (κ1) is 14.0. The molecule has 0 bridgehead atoms. The Hall–Kier alpha value is -1.07. The van der Waals surface area contributed by atoms with Crippen molar-refractivity contribution >= 4 is 0 Å². The lowest BCUT2D eigenvalue weighted by Gasteiger charge is -2.13. The van der Waals surface area contributed by atoms with Gasteiger partial charge in [-0.25, -0.2) is 0 Å². The van der Waals surface area contributed by atoms with Crippen molar-refractivity contribution in [3.8, 4) is 5.75 Å². The SMILES string of the molecule is CCCn1cc(OC(C)CNCCOC)cn1. The Morgan fingerprint density at radius 3 is 3.06 bits per heavy atom. The van der Waals surface area contributed by atoms with Gasteiger partial charge in [0.1, 0.15) is 6.10 Å². The van der Waals surface area contributed by atoms with Crippen LogP contribution in [-0.4, -0.2) is 42.7 Å². The van der Waals surface area contributed by atoms with Gasteiger partial charge in [0, 0.05) is 26.7 Å². The van der Waals surface area contributed by atoms with E-state index >= 15 is 0 Å². The van der Waals surface area contributed by atoms with Gasteiger partial charge in [-0.05, 0) is 13.3 Å². The van der Waals surface area contributed by atoms with Crippen LogP contribution in [0.3, 0.4) is 0 Å². The lowest BCUT2D eigenvalue weighted by atomic mass is 10.4. The third-order valence-electron chi connectivity index (χ3n) is 2.31. The van der Waals surface area contributed by atoms with E-state index in [2.05, 4.69) is 17.3 Å². The van der Waals surface area contributed by atoms with E-state index in [4.69, 9.17) is 9.47 Å². The molecule has 0 spiro atoms. The molecular formula is C12H23N3O2. The molecule has 5 heteroatoms. The van der Waals surface area contributed by atoms with Crippen LogP contribution in [0.1, 0.15) is 20.3 Å². The highest BCUT2D eigenvalue weighted by molar-refractivity contribution is 5.12. The van der Waals surface area contributed by atoms with E-state index in [9.17, 15) is 0 Å². The maximum atomic E-state index is 5.73. The standard InChI is InChI=1S/C12H23N3O2/c1-4-6-15-10-12(9-14-15)17-11(2)8-13-5-7-16-3/h9-11,13H,4-8H2,1-3H3. The van der Waals surface area contributed by atoms with Crippen molar-refractivity contribution in [1.82, 2.24) is 15.1 Å². The zero-order valence-electron chi connectivity index (χ0n) is 11.0. The number of nitrogens with one attached hydrogen (secondary N) is 1. The number of aromatic nitrogens is 2. The molecule has 0 amide bonds. The van der Waals surface area contributed by atoms with Gasteiger partial charge in [0.15, 0.2) is 5.75 Å². The van der Waals surface area contributed by atoms with Crippen LogP contribution in [0.5, 0.6) is 5.75 Å². The van der Waals surface area contributed by atoms with E-state index in [1.165, 1.54) is 0 Å². The summed E-state index contributed by atoms with van der Waals surface area (Å²) in [6.45, 7) is 7.48. The fourth-order valence-electron chi connectivity index (χ4n) is 1.51. The fourth-order valence-corrected chi connectivity index (χ4v) is 1.51. The maximum absolute atomic E-state index is 5.73. The lowest BCUT2D eigenvalue weighted by molar-refractivity contribution is 0.184. The summed E-state index contributed by atoms with van der Waals surface area (Å²) in [6, 6.07) is 0. The van der Waals surface area contributed by atoms with Crippen LogP contribution in [-0.2, 0) is 11.3 Å². The van der Waals surface area contributed by atoms with E-state index in [1.807, 2.05) is 17.8 Å². The summed E-state index contributed by atoms with van der Waals surface area (Å²) < 4.78 is 12.6. The summed E-state index contributed by atoms with van der Waals surface area (Å²) in [7, 11) is 1.70. The molecule has 0 aliphatic carbocycles. The predicted octanol–water partition coefficient (Wildman–Crippen LogP) is 1.30. The fraction of sp³-hybridized carbons (Fsp3) is 0.750. The first-order valence-electron chi connectivity index (χ1n) is 6.15. The van der Waals surface area contributed by atoms with Crippen LogP contribution in [0.4, 0.5) is 0 Å². The number of hydrogen-bond acceptors (Lipinski definition) is 4. The molecule has 0 saturated heterocycles. The number of nitrogens with zero attached hydrogens (tertiary/aromatic N) is 2. The molecule has 98 valence electrons. The Kier molecular flexibility index (Phi) is 6.65. The molecule has 1 N–H and O–H groups in total. The van der Waals surface area contributed by atoms with Gasteiger partial charge >= 0.3 is 0 Å². The minimum atomic E-state index is 0.131. The van der Waals surface area contributed by atoms with Gasteiger partial charge in [0.05, 0.1) is 19.0 Å². The smallest absolute Gasteiger partial charge is 0.157 e. The van der Waals surface area contributed by atoms with Crippen molar-refractivity contribution < 1.29 is 9.47 Å². The molecule has 1 aromatic rings. The van der Waals surface area contributed by atoms with E-state index in [0.717, 1.165) is 38.4 Å². The van der Waals surface area contributed by atoms with E-state index in [1.54, 1.807) is 13.3 Å². The molecule has 0 aliphatic heterocycles. The van der Waals surface area contributed by atoms with Crippen molar-refractivity contribution in [3.63, 3.8) is 0 Å². The Balaban J connectivity index is 2.22. The Morgan fingerprint density at radius 2 is 2.35 bits per heavy atom. The van der Waals surface area contributed by atoms with Crippen molar-refractivity contribution in [2.24, 2.45) is 0 Å². The summed E-state index contributed by atoms with van der Waals surface area (Å²) in [5.41, 5.74) is 0. The molecule has 1 aromatic heterocycles. The van der Waals surface area contributed by atoms with Crippen LogP contribution in [0.15, 0.2) is 12.4 Å². The predicted molar refractivity (Wildman–Crippen MR) is 67.4 cm³/mol. The molecule has 0 fully saturated rings. The average molecular weight is 241 g/mol. The summed E-state index contributed by atoms with van der Waals surface area (Å²) in [5, 5.41) is 7.48. The van der Waals surface area contributed by atoms with Gasteiger partial charge in [0.2, 0.25) is 0 Å². The zero-order valence-corrected chi connectivity index (χ0v) is 11.0. The van der Waals surface area contributed by atoms with Crippen LogP contribution in [0, 0.1) is 0 Å². The molecule has 17 heavy (non-hydrogen) atoms. The van der Waals surface area contributed by atoms with Gasteiger partial charge in [-0.3, -0.25) is 4.68 Å². The normalized spacial score (nSPS) is 12.6. The highest BCUT2D eigenvalue weighted by Crippen LogP contribution is 2.10. The molecule has 0 aromatic carbocycles. The number of methoxy groups -OCH3 is 1. The second-order valence-corrected chi connectivity index (χ2v) is 4.06. The van der Waals surface area contributed by atoms with Crippen LogP contribution >= 0.6 is 0 Å². The third kappa shape index (κ3) is 5.70. The van der Waals surface area contributed by atoms with E-state index < -0.39 is 0 Å². The monoisotopic (exact) mass is 241 g/mol. The number of rotatable bonds is 9. The Morgan fingerprint density at radius 1 is 1.53 bits per heavy atom. The Labute approximate surface area is 103 Å². The molecular weight excluding hydrogens is 218 g/mol. The summed E-state index contributed by atoms with van der Waals surface area (Å²) >= 11 is 0. The van der Waals surface area contributed by atoms with Crippen molar-refractivity contribution in [2.75, 3.05) is 26.8 Å². The quantitative estimate of drug-likeness (QED) is 0.662. The Bertz CT molecular complexity index is 302. The molecule has 1 rings (SSSR count). The summed E-state index contributed by atoms with van der Waals surface area (Å²) in [5.74, 6) is 0.833. The first-order valence-corrected chi connectivity index (χ1v) is 6.15. The largest absolute Gasteiger partial charge is 0.486 e. The van der Waals surface area contributed by atoms with Crippen LogP contribution < -0.4 is 10.1 Å².